The number of ether oxygens (including phenoxy) is 2. The minimum Gasteiger partial charge on any atom is -0.493 e. The molecule has 0 N–H and O–H groups in total. The summed E-state index contributed by atoms with van der Waals surface area (Å²) in [7, 11) is 3.82. The molecule has 1 aromatic carbocycles. The average Bonchev–Trinajstić information content (AvgIpc) is 2.55. The highest BCUT2D eigenvalue weighted by atomic mass is 32.1. The van der Waals surface area contributed by atoms with Gasteiger partial charge in [0.25, 0.3) is 0 Å². The van der Waals surface area contributed by atoms with Gasteiger partial charge in [0.1, 0.15) is 4.99 Å². The second-order valence-electron chi connectivity index (χ2n) is 5.66. The van der Waals surface area contributed by atoms with Crippen LogP contribution in [0.25, 0.3) is 0 Å². The van der Waals surface area contributed by atoms with Gasteiger partial charge in [0.05, 0.1) is 13.7 Å². The zero-order valence-electron chi connectivity index (χ0n) is 13.8. The molecule has 0 atom stereocenters. The van der Waals surface area contributed by atoms with Crippen molar-refractivity contribution < 1.29 is 9.47 Å². The first-order chi connectivity index (χ1) is 10.7. The third-order valence-corrected chi connectivity index (χ3v) is 4.45. The summed E-state index contributed by atoms with van der Waals surface area (Å²) in [6.45, 7) is 6.93. The third kappa shape index (κ3) is 4.34. The van der Waals surface area contributed by atoms with Crippen molar-refractivity contribution >= 4 is 17.2 Å². The number of nitrogens with zero attached hydrogens (tertiary/aromatic N) is 2. The van der Waals surface area contributed by atoms with Crippen molar-refractivity contribution in [3.05, 3.63) is 23.8 Å². The van der Waals surface area contributed by atoms with Crippen LogP contribution in [0.15, 0.2) is 18.2 Å². The largest absolute Gasteiger partial charge is 0.493 e. The quantitative estimate of drug-likeness (QED) is 0.592. The Morgan fingerprint density at radius 3 is 2.55 bits per heavy atom. The topological polar surface area (TPSA) is 24.9 Å². The van der Waals surface area contributed by atoms with E-state index in [2.05, 4.69) is 23.8 Å². The molecule has 1 aromatic rings. The molecular formula is C17H26N2O2S. The second-order valence-corrected chi connectivity index (χ2v) is 6.05. The van der Waals surface area contributed by atoms with E-state index in [-0.39, 0.29) is 0 Å². The van der Waals surface area contributed by atoms with E-state index in [0.29, 0.717) is 0 Å². The molecule has 1 aliphatic rings. The van der Waals surface area contributed by atoms with Crippen LogP contribution in [0.4, 0.5) is 0 Å². The molecule has 0 unspecified atom stereocenters. The molecule has 1 fully saturated rings. The number of likely N-dealkylation sites (N-methyl/N-ethyl adjacent to an activating group) is 1. The molecule has 5 heteroatoms. The number of thiocarbonyl (C=S) groups is 1. The highest BCUT2D eigenvalue weighted by Gasteiger charge is 2.18. The molecule has 0 bridgehead atoms. The average molecular weight is 322 g/mol. The molecule has 0 aliphatic carbocycles. The van der Waals surface area contributed by atoms with Gasteiger partial charge in [-0.3, -0.25) is 0 Å². The maximum absolute atomic E-state index is 5.77. The molecule has 2 rings (SSSR count). The van der Waals surface area contributed by atoms with Gasteiger partial charge in [0.2, 0.25) is 0 Å². The van der Waals surface area contributed by atoms with Gasteiger partial charge in [0, 0.05) is 31.7 Å². The summed E-state index contributed by atoms with van der Waals surface area (Å²) < 4.78 is 11.2. The van der Waals surface area contributed by atoms with E-state index in [0.717, 1.165) is 67.7 Å². The van der Waals surface area contributed by atoms with E-state index >= 15 is 0 Å². The molecular weight excluding hydrogens is 296 g/mol. The monoisotopic (exact) mass is 322 g/mol. The summed E-state index contributed by atoms with van der Waals surface area (Å²) >= 11 is 5.65. The van der Waals surface area contributed by atoms with Crippen LogP contribution in [0.5, 0.6) is 11.5 Å². The van der Waals surface area contributed by atoms with Crippen LogP contribution in [0.3, 0.4) is 0 Å². The fourth-order valence-electron chi connectivity index (χ4n) is 2.44. The number of hydrogen-bond donors (Lipinski definition) is 0. The van der Waals surface area contributed by atoms with Crippen LogP contribution in [0.1, 0.15) is 25.3 Å². The van der Waals surface area contributed by atoms with Crippen molar-refractivity contribution in [1.29, 1.82) is 0 Å². The number of unbranched alkanes of at least 4 members (excludes halogenated alkanes) is 1. The minimum absolute atomic E-state index is 0.717. The highest BCUT2D eigenvalue weighted by Crippen LogP contribution is 2.29. The summed E-state index contributed by atoms with van der Waals surface area (Å²) in [6.07, 6.45) is 2.17. The van der Waals surface area contributed by atoms with E-state index < -0.39 is 0 Å². The molecule has 1 saturated heterocycles. The Kier molecular flexibility index (Phi) is 6.46. The van der Waals surface area contributed by atoms with Crippen LogP contribution in [-0.2, 0) is 0 Å². The summed E-state index contributed by atoms with van der Waals surface area (Å²) in [5.41, 5.74) is 1.03. The first-order valence-corrected chi connectivity index (χ1v) is 8.35. The van der Waals surface area contributed by atoms with Gasteiger partial charge in [-0.2, -0.15) is 0 Å². The Bertz CT molecular complexity index is 499. The van der Waals surface area contributed by atoms with E-state index in [9.17, 15) is 0 Å². The van der Waals surface area contributed by atoms with E-state index in [1.165, 1.54) is 0 Å². The summed E-state index contributed by atoms with van der Waals surface area (Å²) in [5.74, 6) is 1.55. The summed E-state index contributed by atoms with van der Waals surface area (Å²) in [6, 6.07) is 5.98. The number of hydrogen-bond acceptors (Lipinski definition) is 4. The maximum atomic E-state index is 5.77. The number of piperazine rings is 1. The lowest BCUT2D eigenvalue weighted by Crippen LogP contribution is -2.46. The standard InChI is InChI=1S/C17H26N2O2S/c1-4-5-12-21-15-7-6-14(13-16(15)20-3)17(22)19-10-8-18(2)9-11-19/h6-7,13H,4-5,8-12H2,1-3H3. The molecule has 1 aliphatic heterocycles. The van der Waals surface area contributed by atoms with Gasteiger partial charge in [-0.05, 0) is 31.7 Å². The third-order valence-electron chi connectivity index (χ3n) is 3.96. The predicted octanol–water partition coefficient (Wildman–Crippen LogP) is 2.80. The van der Waals surface area contributed by atoms with Crippen molar-refractivity contribution in [2.45, 2.75) is 19.8 Å². The molecule has 0 amide bonds. The van der Waals surface area contributed by atoms with Gasteiger partial charge in [-0.25, -0.2) is 0 Å². The van der Waals surface area contributed by atoms with Gasteiger partial charge in [-0.15, -0.1) is 0 Å². The lowest BCUT2D eigenvalue weighted by atomic mass is 10.1. The molecule has 122 valence electrons. The Morgan fingerprint density at radius 1 is 1.18 bits per heavy atom. The van der Waals surface area contributed by atoms with Crippen LogP contribution in [-0.4, -0.2) is 61.7 Å². The Morgan fingerprint density at radius 2 is 1.91 bits per heavy atom. The van der Waals surface area contributed by atoms with Gasteiger partial charge < -0.3 is 19.3 Å². The number of rotatable bonds is 6. The fraction of sp³-hybridized carbons (Fsp3) is 0.588. The Balaban J connectivity index is 2.06. The molecule has 4 nitrogen and oxygen atoms in total. The van der Waals surface area contributed by atoms with Gasteiger partial charge in [0.15, 0.2) is 11.5 Å². The smallest absolute Gasteiger partial charge is 0.161 e. The summed E-state index contributed by atoms with van der Waals surface area (Å²) in [4.78, 5) is 5.48. The van der Waals surface area contributed by atoms with E-state index in [1.54, 1.807) is 7.11 Å². The lowest BCUT2D eigenvalue weighted by molar-refractivity contribution is 0.218. The highest BCUT2D eigenvalue weighted by molar-refractivity contribution is 7.80. The van der Waals surface area contributed by atoms with Crippen molar-refractivity contribution in [2.75, 3.05) is 46.9 Å². The first-order valence-electron chi connectivity index (χ1n) is 7.94. The molecule has 0 radical (unpaired) electrons. The minimum atomic E-state index is 0.717. The van der Waals surface area contributed by atoms with Gasteiger partial charge in [-0.1, -0.05) is 25.6 Å². The van der Waals surface area contributed by atoms with Gasteiger partial charge >= 0.3 is 0 Å². The van der Waals surface area contributed by atoms with E-state index in [1.807, 2.05) is 18.2 Å². The van der Waals surface area contributed by atoms with Crippen molar-refractivity contribution in [2.24, 2.45) is 0 Å². The van der Waals surface area contributed by atoms with Crippen LogP contribution in [0.2, 0.25) is 0 Å². The van der Waals surface area contributed by atoms with Crippen molar-refractivity contribution in [1.82, 2.24) is 9.80 Å². The zero-order chi connectivity index (χ0) is 15.9. The van der Waals surface area contributed by atoms with Crippen molar-refractivity contribution in [3.63, 3.8) is 0 Å². The van der Waals surface area contributed by atoms with Crippen LogP contribution >= 0.6 is 12.2 Å². The first kappa shape index (κ1) is 17.0. The van der Waals surface area contributed by atoms with Crippen molar-refractivity contribution in [3.8, 4) is 11.5 Å². The molecule has 0 aromatic heterocycles. The number of benzene rings is 1. The molecule has 0 spiro atoms. The maximum Gasteiger partial charge on any atom is 0.161 e. The normalized spacial score (nSPS) is 15.7. The molecule has 1 heterocycles. The SMILES string of the molecule is CCCCOc1ccc(C(=S)N2CCN(C)CC2)cc1OC. The summed E-state index contributed by atoms with van der Waals surface area (Å²) in [5, 5.41) is 0. The Labute approximate surface area is 139 Å². The van der Waals surface area contributed by atoms with Crippen LogP contribution in [0, 0.1) is 0 Å². The predicted molar refractivity (Wildman–Crippen MR) is 94.2 cm³/mol. The Hall–Kier alpha value is -1.33. The zero-order valence-corrected chi connectivity index (χ0v) is 14.6. The molecule has 22 heavy (non-hydrogen) atoms. The molecule has 0 saturated carbocycles. The van der Waals surface area contributed by atoms with Crippen LogP contribution < -0.4 is 9.47 Å². The second kappa shape index (κ2) is 8.34. The fourth-order valence-corrected chi connectivity index (χ4v) is 2.75. The lowest BCUT2D eigenvalue weighted by Gasteiger charge is -2.34. The van der Waals surface area contributed by atoms with E-state index in [4.69, 9.17) is 21.7 Å². The number of methoxy groups -OCH3 is 1.